The summed E-state index contributed by atoms with van der Waals surface area (Å²) in [5.74, 6) is -0.0117. The van der Waals surface area contributed by atoms with E-state index in [1.54, 1.807) is 13.1 Å². The van der Waals surface area contributed by atoms with Crippen molar-refractivity contribution >= 4 is 27.3 Å². The summed E-state index contributed by atoms with van der Waals surface area (Å²) in [6.07, 6.45) is 0.659. The fourth-order valence-corrected chi connectivity index (χ4v) is 5.60. The van der Waals surface area contributed by atoms with Crippen LogP contribution < -0.4 is 13.9 Å². The van der Waals surface area contributed by atoms with Crippen molar-refractivity contribution in [3.8, 4) is 5.75 Å². The Morgan fingerprint density at radius 2 is 1.78 bits per heavy atom. The van der Waals surface area contributed by atoms with Gasteiger partial charge < -0.3 is 9.64 Å². The summed E-state index contributed by atoms with van der Waals surface area (Å²) >= 11 is 0. The molecule has 32 heavy (non-hydrogen) atoms. The van der Waals surface area contributed by atoms with Crippen LogP contribution in [0.5, 0.6) is 5.75 Å². The van der Waals surface area contributed by atoms with Crippen LogP contribution in [0.4, 0.5) is 11.4 Å². The summed E-state index contributed by atoms with van der Waals surface area (Å²) in [5, 5.41) is 0. The van der Waals surface area contributed by atoms with E-state index in [0.717, 1.165) is 22.4 Å². The van der Waals surface area contributed by atoms with Gasteiger partial charge in [-0.05, 0) is 67.3 Å². The van der Waals surface area contributed by atoms with Crippen LogP contribution in [0.25, 0.3) is 0 Å². The third kappa shape index (κ3) is 3.73. The van der Waals surface area contributed by atoms with E-state index in [4.69, 9.17) is 4.74 Å². The summed E-state index contributed by atoms with van der Waals surface area (Å²) in [4.78, 5) is 15.0. The molecule has 0 radical (unpaired) electrons. The number of rotatable bonds is 5. The van der Waals surface area contributed by atoms with Crippen LogP contribution in [0.1, 0.15) is 27.0 Å². The van der Waals surface area contributed by atoms with Gasteiger partial charge in [-0.1, -0.05) is 30.3 Å². The van der Waals surface area contributed by atoms with E-state index < -0.39 is 10.0 Å². The maximum atomic E-state index is 13.5. The van der Waals surface area contributed by atoms with Crippen LogP contribution in [-0.2, 0) is 16.4 Å². The molecular weight excluding hydrogens is 424 g/mol. The number of hydrogen-bond acceptors (Lipinski definition) is 4. The number of carbonyl (C=O) groups is 1. The van der Waals surface area contributed by atoms with Gasteiger partial charge in [0.15, 0.2) is 0 Å². The van der Waals surface area contributed by atoms with E-state index in [1.165, 1.54) is 28.4 Å². The molecule has 0 aromatic heterocycles. The van der Waals surface area contributed by atoms with E-state index in [1.807, 2.05) is 56.3 Å². The molecule has 0 unspecified atom stereocenters. The molecule has 0 N–H and O–H groups in total. The first kappa shape index (κ1) is 21.9. The maximum Gasteiger partial charge on any atom is 0.264 e. The number of amides is 1. The lowest BCUT2D eigenvalue weighted by Gasteiger charge is -2.23. The SMILES string of the molecule is COc1ccc(S(=O)(=O)N2CCc3ccccc32)cc1C(=O)N(C)c1cc(C)ccc1C. The van der Waals surface area contributed by atoms with Crippen molar-refractivity contribution in [2.75, 3.05) is 29.9 Å². The molecule has 1 aliphatic rings. The zero-order chi connectivity index (χ0) is 23.0. The van der Waals surface area contributed by atoms with E-state index >= 15 is 0 Å². The Balaban J connectivity index is 1.75. The van der Waals surface area contributed by atoms with Crippen molar-refractivity contribution in [2.24, 2.45) is 0 Å². The normalized spacial score (nSPS) is 13.1. The first-order chi connectivity index (χ1) is 15.2. The Bertz CT molecular complexity index is 1300. The van der Waals surface area contributed by atoms with Crippen LogP contribution in [-0.4, -0.2) is 35.0 Å². The molecular formula is C25H26N2O4S. The molecule has 0 fully saturated rings. The highest BCUT2D eigenvalue weighted by molar-refractivity contribution is 7.92. The predicted octanol–water partition coefficient (Wildman–Crippen LogP) is 4.34. The van der Waals surface area contributed by atoms with E-state index in [2.05, 4.69) is 0 Å². The van der Waals surface area contributed by atoms with Gasteiger partial charge in [-0.2, -0.15) is 0 Å². The second kappa shape index (κ2) is 8.31. The van der Waals surface area contributed by atoms with Crippen LogP contribution in [0.3, 0.4) is 0 Å². The average Bonchev–Trinajstić information content (AvgIpc) is 3.24. The number of hydrogen-bond donors (Lipinski definition) is 0. The second-order valence-corrected chi connectivity index (χ2v) is 9.83. The number of methoxy groups -OCH3 is 1. The number of fused-ring (bicyclic) bond motifs is 1. The van der Waals surface area contributed by atoms with Gasteiger partial charge in [0, 0.05) is 19.3 Å². The van der Waals surface area contributed by atoms with Gasteiger partial charge in [-0.3, -0.25) is 9.10 Å². The highest BCUT2D eigenvalue weighted by atomic mass is 32.2. The molecule has 4 rings (SSSR count). The molecule has 0 spiro atoms. The van der Waals surface area contributed by atoms with Crippen molar-refractivity contribution in [3.63, 3.8) is 0 Å². The second-order valence-electron chi connectivity index (χ2n) is 7.97. The number of ether oxygens (including phenoxy) is 1. The lowest BCUT2D eigenvalue weighted by Crippen LogP contribution is -2.30. The van der Waals surface area contributed by atoms with E-state index in [0.29, 0.717) is 24.4 Å². The first-order valence-electron chi connectivity index (χ1n) is 10.4. The topological polar surface area (TPSA) is 66.9 Å². The Morgan fingerprint density at radius 1 is 1.03 bits per heavy atom. The van der Waals surface area contributed by atoms with Crippen LogP contribution in [0, 0.1) is 13.8 Å². The van der Waals surface area contributed by atoms with Crippen molar-refractivity contribution in [3.05, 3.63) is 82.9 Å². The maximum absolute atomic E-state index is 13.5. The van der Waals surface area contributed by atoms with Gasteiger partial charge in [0.25, 0.3) is 15.9 Å². The molecule has 7 heteroatoms. The Hall–Kier alpha value is -3.32. The van der Waals surface area contributed by atoms with Crippen molar-refractivity contribution in [2.45, 2.75) is 25.2 Å². The van der Waals surface area contributed by atoms with E-state index in [9.17, 15) is 13.2 Å². The lowest BCUT2D eigenvalue weighted by atomic mass is 10.1. The molecule has 1 amide bonds. The third-order valence-electron chi connectivity index (χ3n) is 5.86. The fraction of sp³-hybridized carbons (Fsp3) is 0.240. The quantitative estimate of drug-likeness (QED) is 0.580. The Kier molecular flexibility index (Phi) is 5.69. The van der Waals surface area contributed by atoms with Gasteiger partial charge in [-0.25, -0.2) is 8.42 Å². The van der Waals surface area contributed by atoms with Crippen molar-refractivity contribution in [1.82, 2.24) is 0 Å². The molecule has 0 aliphatic carbocycles. The average molecular weight is 451 g/mol. The molecule has 0 saturated carbocycles. The van der Waals surface area contributed by atoms with Gasteiger partial charge in [-0.15, -0.1) is 0 Å². The number of aryl methyl sites for hydroxylation is 2. The minimum atomic E-state index is -3.83. The summed E-state index contributed by atoms with van der Waals surface area (Å²) in [7, 11) is -0.682. The molecule has 3 aromatic carbocycles. The summed E-state index contributed by atoms with van der Waals surface area (Å²) < 4.78 is 33.8. The third-order valence-corrected chi connectivity index (χ3v) is 7.67. The predicted molar refractivity (Wildman–Crippen MR) is 126 cm³/mol. The molecule has 0 bridgehead atoms. The van der Waals surface area contributed by atoms with Crippen LogP contribution >= 0.6 is 0 Å². The zero-order valence-corrected chi connectivity index (χ0v) is 19.4. The number of para-hydroxylation sites is 1. The molecule has 1 heterocycles. The Morgan fingerprint density at radius 3 is 2.53 bits per heavy atom. The molecule has 1 aliphatic heterocycles. The minimum absolute atomic E-state index is 0.0627. The van der Waals surface area contributed by atoms with Crippen LogP contribution in [0.2, 0.25) is 0 Å². The van der Waals surface area contributed by atoms with Gasteiger partial charge in [0.1, 0.15) is 5.75 Å². The number of carbonyl (C=O) groups excluding carboxylic acids is 1. The first-order valence-corrected chi connectivity index (χ1v) is 11.8. The molecule has 3 aromatic rings. The minimum Gasteiger partial charge on any atom is -0.496 e. The summed E-state index contributed by atoms with van der Waals surface area (Å²) in [5.41, 5.74) is 4.62. The zero-order valence-electron chi connectivity index (χ0n) is 18.6. The summed E-state index contributed by atoms with van der Waals surface area (Å²) in [6.45, 7) is 4.27. The fourth-order valence-electron chi connectivity index (χ4n) is 4.07. The van der Waals surface area contributed by atoms with Crippen molar-refractivity contribution in [1.29, 1.82) is 0 Å². The monoisotopic (exact) mass is 450 g/mol. The van der Waals surface area contributed by atoms with E-state index in [-0.39, 0.29) is 16.4 Å². The summed E-state index contributed by atoms with van der Waals surface area (Å²) in [6, 6.07) is 17.8. The Labute approximate surface area is 189 Å². The van der Waals surface area contributed by atoms with Crippen molar-refractivity contribution < 1.29 is 17.9 Å². The number of benzene rings is 3. The van der Waals surface area contributed by atoms with Gasteiger partial charge >= 0.3 is 0 Å². The van der Waals surface area contributed by atoms with Gasteiger partial charge in [0.05, 0.1) is 23.3 Å². The molecule has 6 nitrogen and oxygen atoms in total. The molecule has 0 saturated heterocycles. The standard InChI is InChI=1S/C25H26N2O4S/c1-17-9-10-18(2)23(15-17)26(3)25(28)21-16-20(11-12-24(21)31-4)32(29,30)27-14-13-19-7-5-6-8-22(19)27/h5-12,15-16H,13-14H2,1-4H3. The highest BCUT2D eigenvalue weighted by Gasteiger charge is 2.32. The number of nitrogens with zero attached hydrogens (tertiary/aromatic N) is 2. The highest BCUT2D eigenvalue weighted by Crippen LogP contribution is 2.34. The molecule has 166 valence electrons. The smallest absolute Gasteiger partial charge is 0.264 e. The largest absolute Gasteiger partial charge is 0.496 e. The number of anilines is 2. The van der Waals surface area contributed by atoms with Crippen LogP contribution in [0.15, 0.2) is 65.6 Å². The van der Waals surface area contributed by atoms with Gasteiger partial charge in [0.2, 0.25) is 0 Å². The lowest BCUT2D eigenvalue weighted by molar-refractivity contribution is 0.0989. The number of sulfonamides is 1. The molecule has 0 atom stereocenters.